The summed E-state index contributed by atoms with van der Waals surface area (Å²) in [7, 11) is 0. The zero-order valence-electron chi connectivity index (χ0n) is 8.57. The summed E-state index contributed by atoms with van der Waals surface area (Å²) in [5, 5.41) is 8.95. The fraction of sp³-hybridized carbons (Fsp3) is 0.222. The van der Waals surface area contributed by atoms with Gasteiger partial charge in [-0.05, 0) is 17.3 Å². The fourth-order valence-electron chi connectivity index (χ4n) is 1.14. The fourth-order valence-corrected chi connectivity index (χ4v) is 1.14. The average Bonchev–Trinajstić information content (AvgIpc) is 2.78. The topological polar surface area (TPSA) is 43.6 Å². The molecule has 4 nitrogen and oxygen atoms in total. The zero-order valence-corrected chi connectivity index (χ0v) is 8.57. The minimum atomic E-state index is -5.75. The van der Waals surface area contributed by atoms with E-state index in [-0.39, 0.29) is 5.69 Å². The number of benzene rings is 1. The molecule has 9 heteroatoms. The molecule has 1 aromatic heterocycles. The highest BCUT2D eigenvalue weighted by molar-refractivity contribution is 5.28. The van der Waals surface area contributed by atoms with E-state index < -0.39 is 17.9 Å². The minimum absolute atomic E-state index is 0.231. The summed E-state index contributed by atoms with van der Waals surface area (Å²) in [6, 6.07) is 7.64. The average molecular weight is 264 g/mol. The summed E-state index contributed by atoms with van der Waals surface area (Å²) in [5.41, 5.74) is 0.231. The van der Waals surface area contributed by atoms with Gasteiger partial charge in [-0.3, -0.25) is 0 Å². The first-order valence-corrected chi connectivity index (χ1v) is 4.63. The summed E-state index contributed by atoms with van der Waals surface area (Å²) < 4.78 is 62.0. The Bertz CT molecular complexity index is 533. The van der Waals surface area contributed by atoms with E-state index in [4.69, 9.17) is 0 Å². The first kappa shape index (κ1) is 12.4. The van der Waals surface area contributed by atoms with Crippen molar-refractivity contribution in [1.82, 2.24) is 20.2 Å². The monoisotopic (exact) mass is 264 g/mol. The number of hydrogen-bond acceptors (Lipinski definition) is 3. The van der Waals surface area contributed by atoms with Crippen LogP contribution in [0, 0.1) is 0 Å². The van der Waals surface area contributed by atoms with Gasteiger partial charge in [0.25, 0.3) is 5.82 Å². The lowest BCUT2D eigenvalue weighted by Gasteiger charge is -2.14. The Hall–Kier alpha value is -2.06. The standard InChI is InChI=1S/C9H5F5N4/c10-8(11,9(12,13)14)7-15-17-18(16-7)6-4-2-1-3-5-6/h1-5H. The second-order valence-electron chi connectivity index (χ2n) is 3.31. The van der Waals surface area contributed by atoms with Crippen molar-refractivity contribution in [1.29, 1.82) is 0 Å². The Morgan fingerprint density at radius 2 is 1.56 bits per heavy atom. The predicted molar refractivity (Wildman–Crippen MR) is 49.1 cm³/mol. The largest absolute Gasteiger partial charge is 0.461 e. The molecule has 96 valence electrons. The van der Waals surface area contributed by atoms with E-state index in [0.29, 0.717) is 4.80 Å². The first-order valence-electron chi connectivity index (χ1n) is 4.63. The van der Waals surface area contributed by atoms with Crippen molar-refractivity contribution in [3.05, 3.63) is 36.2 Å². The number of para-hydroxylation sites is 1. The van der Waals surface area contributed by atoms with Crippen LogP contribution in [-0.2, 0) is 5.92 Å². The molecule has 0 spiro atoms. The molecule has 0 saturated carbocycles. The van der Waals surface area contributed by atoms with E-state index in [1.54, 1.807) is 18.2 Å². The van der Waals surface area contributed by atoms with Gasteiger partial charge in [0.2, 0.25) is 0 Å². The summed E-state index contributed by atoms with van der Waals surface area (Å²) in [5.74, 6) is -6.81. The number of nitrogens with zero attached hydrogens (tertiary/aromatic N) is 4. The summed E-state index contributed by atoms with van der Waals surface area (Å²) in [6.07, 6.45) is -5.75. The molecule has 0 atom stereocenters. The molecule has 0 aliphatic rings. The third-order valence-electron chi connectivity index (χ3n) is 2.04. The second kappa shape index (κ2) is 4.00. The molecule has 0 aliphatic heterocycles. The molecule has 2 rings (SSSR count). The number of aromatic nitrogens is 4. The van der Waals surface area contributed by atoms with Crippen molar-refractivity contribution in [2.24, 2.45) is 0 Å². The molecule has 1 aromatic carbocycles. The highest BCUT2D eigenvalue weighted by atomic mass is 19.4. The van der Waals surface area contributed by atoms with Crippen LogP contribution in [0.5, 0.6) is 0 Å². The number of alkyl halides is 5. The molecule has 2 aromatic rings. The third-order valence-corrected chi connectivity index (χ3v) is 2.04. The van der Waals surface area contributed by atoms with E-state index in [1.165, 1.54) is 12.1 Å². The lowest BCUT2D eigenvalue weighted by atomic mass is 10.3. The molecule has 0 unspecified atom stereocenters. The molecule has 18 heavy (non-hydrogen) atoms. The summed E-state index contributed by atoms with van der Waals surface area (Å²) in [4.78, 5) is 0.606. The maximum atomic E-state index is 12.9. The van der Waals surface area contributed by atoms with Crippen molar-refractivity contribution in [3.8, 4) is 5.69 Å². The number of halogens is 5. The van der Waals surface area contributed by atoms with Gasteiger partial charge in [-0.1, -0.05) is 18.2 Å². The highest BCUT2D eigenvalue weighted by Crippen LogP contribution is 2.41. The van der Waals surface area contributed by atoms with Crippen LogP contribution in [0.3, 0.4) is 0 Å². The van der Waals surface area contributed by atoms with Crippen molar-refractivity contribution in [3.63, 3.8) is 0 Å². The Kier molecular flexibility index (Phi) is 2.76. The van der Waals surface area contributed by atoms with Gasteiger partial charge >= 0.3 is 12.1 Å². The number of tetrazole rings is 1. The Morgan fingerprint density at radius 3 is 2.11 bits per heavy atom. The van der Waals surface area contributed by atoms with Crippen LogP contribution in [0.2, 0.25) is 0 Å². The van der Waals surface area contributed by atoms with Crippen LogP contribution in [0.4, 0.5) is 22.0 Å². The first-order chi connectivity index (χ1) is 8.32. The van der Waals surface area contributed by atoms with Crippen molar-refractivity contribution in [2.75, 3.05) is 0 Å². The normalized spacial score (nSPS) is 12.7. The molecule has 1 heterocycles. The molecular formula is C9H5F5N4. The molecule has 0 bridgehead atoms. The quantitative estimate of drug-likeness (QED) is 0.782. The molecule has 0 amide bonds. The SMILES string of the molecule is FC(F)(F)C(F)(F)c1nnn(-c2ccccc2)n1. The maximum Gasteiger partial charge on any atom is 0.461 e. The van der Waals surface area contributed by atoms with Gasteiger partial charge in [-0.15, -0.1) is 15.0 Å². The molecule has 0 radical (unpaired) electrons. The van der Waals surface area contributed by atoms with Gasteiger partial charge in [-0.25, -0.2) is 0 Å². The maximum absolute atomic E-state index is 12.9. The lowest BCUT2D eigenvalue weighted by Crippen LogP contribution is -2.34. The van der Waals surface area contributed by atoms with Crippen LogP contribution in [0.1, 0.15) is 5.82 Å². The van der Waals surface area contributed by atoms with Gasteiger partial charge in [0.1, 0.15) is 0 Å². The van der Waals surface area contributed by atoms with Crippen molar-refractivity contribution in [2.45, 2.75) is 12.1 Å². The van der Waals surface area contributed by atoms with E-state index >= 15 is 0 Å². The Balaban J connectivity index is 2.38. The molecule has 0 aliphatic carbocycles. The lowest BCUT2D eigenvalue weighted by molar-refractivity contribution is -0.292. The van der Waals surface area contributed by atoms with Gasteiger partial charge in [0, 0.05) is 0 Å². The molecule has 0 saturated heterocycles. The molecule has 0 fully saturated rings. The van der Waals surface area contributed by atoms with E-state index in [0.717, 1.165) is 0 Å². The van der Waals surface area contributed by atoms with Crippen molar-refractivity contribution < 1.29 is 22.0 Å². The summed E-state index contributed by atoms with van der Waals surface area (Å²) >= 11 is 0. The van der Waals surface area contributed by atoms with E-state index in [2.05, 4.69) is 15.4 Å². The highest BCUT2D eigenvalue weighted by Gasteiger charge is 2.62. The Morgan fingerprint density at radius 1 is 0.944 bits per heavy atom. The van der Waals surface area contributed by atoms with Crippen LogP contribution < -0.4 is 0 Å². The Labute approximate surface area is 97.0 Å². The smallest absolute Gasteiger partial charge is 0.187 e. The van der Waals surface area contributed by atoms with Crippen LogP contribution in [0.15, 0.2) is 30.3 Å². The van der Waals surface area contributed by atoms with Crippen LogP contribution in [-0.4, -0.2) is 26.4 Å². The van der Waals surface area contributed by atoms with Gasteiger partial charge in [0.15, 0.2) is 0 Å². The number of hydrogen-bond donors (Lipinski definition) is 0. The number of rotatable bonds is 2. The van der Waals surface area contributed by atoms with E-state index in [9.17, 15) is 22.0 Å². The van der Waals surface area contributed by atoms with Crippen molar-refractivity contribution >= 4 is 0 Å². The summed E-state index contributed by atoms with van der Waals surface area (Å²) in [6.45, 7) is 0. The third kappa shape index (κ3) is 2.03. The van der Waals surface area contributed by atoms with Gasteiger partial charge in [-0.2, -0.15) is 22.0 Å². The van der Waals surface area contributed by atoms with E-state index in [1.807, 2.05) is 0 Å². The van der Waals surface area contributed by atoms with Crippen LogP contribution in [0.25, 0.3) is 5.69 Å². The minimum Gasteiger partial charge on any atom is -0.187 e. The predicted octanol–water partition coefficient (Wildman–Crippen LogP) is 2.32. The zero-order chi connectivity index (χ0) is 13.4. The second-order valence-corrected chi connectivity index (χ2v) is 3.31. The van der Waals surface area contributed by atoms with Gasteiger partial charge < -0.3 is 0 Å². The van der Waals surface area contributed by atoms with Gasteiger partial charge in [0.05, 0.1) is 5.69 Å². The molecule has 0 N–H and O–H groups in total. The molecular weight excluding hydrogens is 259 g/mol. The van der Waals surface area contributed by atoms with Crippen LogP contribution >= 0.6 is 0 Å².